The quantitative estimate of drug-likeness (QED) is 0.569. The van der Waals surface area contributed by atoms with Gasteiger partial charge in [0.2, 0.25) is 11.8 Å². The van der Waals surface area contributed by atoms with Crippen LogP contribution >= 0.6 is 0 Å². The van der Waals surface area contributed by atoms with Crippen LogP contribution in [0.4, 0.5) is 0 Å². The van der Waals surface area contributed by atoms with E-state index in [9.17, 15) is 18.0 Å². The van der Waals surface area contributed by atoms with Gasteiger partial charge in [0.25, 0.3) is 0 Å². The van der Waals surface area contributed by atoms with Gasteiger partial charge in [-0.3, -0.25) is 14.9 Å². The predicted molar refractivity (Wildman–Crippen MR) is 108 cm³/mol. The molecule has 3 rings (SSSR count). The van der Waals surface area contributed by atoms with Gasteiger partial charge in [-0.15, -0.1) is 0 Å². The van der Waals surface area contributed by atoms with Gasteiger partial charge in [-0.1, -0.05) is 32.1 Å². The first-order valence-corrected chi connectivity index (χ1v) is 11.9. The first-order valence-electron chi connectivity index (χ1n) is 10.2. The van der Waals surface area contributed by atoms with Crippen molar-refractivity contribution in [1.29, 1.82) is 0 Å². The number of sulfone groups is 1. The molecule has 0 spiro atoms. The van der Waals surface area contributed by atoms with Crippen LogP contribution in [0.15, 0.2) is 23.6 Å². The standard InChI is InChI=1S/C20H31N3O4S/c1-13(2)18(21-15-10-11-28(26,27)12-15)20(25)22-16-8-9-17(24)23-19(16)14-6-4-3-5-7-14/h3-4,10-11,13-16,18-19,21H,5-9,12H2,1-2H3,(H,22,25)(H,23,24)/t14-,15+,16-,18+,19+/m1/s1. The van der Waals surface area contributed by atoms with Gasteiger partial charge in [-0.25, -0.2) is 8.42 Å². The van der Waals surface area contributed by atoms with E-state index in [1.54, 1.807) is 6.08 Å². The lowest BCUT2D eigenvalue weighted by molar-refractivity contribution is -0.129. The maximum Gasteiger partial charge on any atom is 0.237 e. The molecular weight excluding hydrogens is 378 g/mol. The molecule has 1 fully saturated rings. The fourth-order valence-corrected chi connectivity index (χ4v) is 5.58. The first-order chi connectivity index (χ1) is 13.2. The Balaban J connectivity index is 1.66. The lowest BCUT2D eigenvalue weighted by Gasteiger charge is -2.39. The summed E-state index contributed by atoms with van der Waals surface area (Å²) in [5.74, 6) is 0.231. The summed E-state index contributed by atoms with van der Waals surface area (Å²) in [7, 11) is -3.18. The van der Waals surface area contributed by atoms with E-state index in [1.165, 1.54) is 5.41 Å². The zero-order chi connectivity index (χ0) is 20.3. The minimum absolute atomic E-state index is 0.00551. The Hall–Kier alpha value is -1.67. The van der Waals surface area contributed by atoms with Crippen LogP contribution < -0.4 is 16.0 Å². The van der Waals surface area contributed by atoms with Crippen molar-refractivity contribution in [2.45, 2.75) is 70.1 Å². The van der Waals surface area contributed by atoms with Crippen molar-refractivity contribution in [2.24, 2.45) is 11.8 Å². The summed E-state index contributed by atoms with van der Waals surface area (Å²) in [6.45, 7) is 3.88. The van der Waals surface area contributed by atoms with Crippen LogP contribution in [-0.2, 0) is 19.4 Å². The first kappa shape index (κ1) is 21.0. The molecule has 0 aromatic carbocycles. The Kier molecular flexibility index (Phi) is 6.60. The van der Waals surface area contributed by atoms with Crippen molar-refractivity contribution >= 4 is 21.7 Å². The van der Waals surface area contributed by atoms with E-state index in [4.69, 9.17) is 0 Å². The molecule has 1 aliphatic carbocycles. The number of piperidine rings is 1. The molecule has 8 heteroatoms. The Labute approximate surface area is 167 Å². The topological polar surface area (TPSA) is 104 Å². The summed E-state index contributed by atoms with van der Waals surface area (Å²) < 4.78 is 23.3. The molecule has 7 nitrogen and oxygen atoms in total. The van der Waals surface area contributed by atoms with Crippen LogP contribution in [0.5, 0.6) is 0 Å². The number of amides is 2. The third kappa shape index (κ3) is 5.23. The summed E-state index contributed by atoms with van der Waals surface area (Å²) in [5, 5.41) is 10.6. The molecule has 0 radical (unpaired) electrons. The molecule has 1 saturated heterocycles. The molecule has 156 valence electrons. The summed E-state index contributed by atoms with van der Waals surface area (Å²) >= 11 is 0. The second-order valence-corrected chi connectivity index (χ2v) is 10.4. The SMILES string of the molecule is CC(C)[C@H](N[C@H]1C=CS(=O)(=O)C1)C(=O)N[C@@H]1CCC(=O)N[C@H]1[C@@H]1CC=CCC1. The van der Waals surface area contributed by atoms with Crippen molar-refractivity contribution in [3.8, 4) is 0 Å². The van der Waals surface area contributed by atoms with Gasteiger partial charge in [0.05, 0.1) is 17.8 Å². The third-order valence-corrected chi connectivity index (χ3v) is 7.26. The maximum absolute atomic E-state index is 13.0. The average Bonchev–Trinajstić information content (AvgIpc) is 3.00. The number of rotatable bonds is 6. The molecule has 2 aliphatic heterocycles. The largest absolute Gasteiger partial charge is 0.351 e. The average molecular weight is 410 g/mol. The van der Waals surface area contributed by atoms with E-state index in [2.05, 4.69) is 28.1 Å². The molecule has 0 saturated carbocycles. The molecule has 0 aromatic rings. The summed E-state index contributed by atoms with van der Waals surface area (Å²) in [6.07, 6.45) is 9.87. The smallest absolute Gasteiger partial charge is 0.237 e. The Morgan fingerprint density at radius 1 is 1.25 bits per heavy atom. The number of hydrogen-bond acceptors (Lipinski definition) is 5. The van der Waals surface area contributed by atoms with E-state index in [-0.39, 0.29) is 41.6 Å². The van der Waals surface area contributed by atoms with Gasteiger partial charge in [0.15, 0.2) is 9.84 Å². The van der Waals surface area contributed by atoms with Gasteiger partial charge in [-0.2, -0.15) is 0 Å². The molecule has 2 heterocycles. The highest BCUT2D eigenvalue weighted by molar-refractivity contribution is 7.94. The highest BCUT2D eigenvalue weighted by atomic mass is 32.2. The van der Waals surface area contributed by atoms with E-state index in [0.717, 1.165) is 19.3 Å². The summed E-state index contributed by atoms with van der Waals surface area (Å²) in [6, 6.07) is -1.01. The van der Waals surface area contributed by atoms with Crippen LogP contribution in [0.1, 0.15) is 46.0 Å². The second kappa shape index (κ2) is 8.78. The highest BCUT2D eigenvalue weighted by Crippen LogP contribution is 2.27. The maximum atomic E-state index is 13.0. The Bertz CT molecular complexity index is 759. The van der Waals surface area contributed by atoms with Crippen LogP contribution in [0, 0.1) is 11.8 Å². The van der Waals surface area contributed by atoms with Crippen molar-refractivity contribution in [2.75, 3.05) is 5.75 Å². The molecule has 0 unspecified atom stereocenters. The van der Waals surface area contributed by atoms with Gasteiger partial charge >= 0.3 is 0 Å². The lowest BCUT2D eigenvalue weighted by atomic mass is 9.80. The van der Waals surface area contributed by atoms with Crippen LogP contribution in [0.25, 0.3) is 0 Å². The number of carbonyl (C=O) groups excluding carboxylic acids is 2. The molecule has 28 heavy (non-hydrogen) atoms. The van der Waals surface area contributed by atoms with E-state index in [0.29, 0.717) is 18.8 Å². The van der Waals surface area contributed by atoms with Crippen LogP contribution in [0.2, 0.25) is 0 Å². The van der Waals surface area contributed by atoms with E-state index in [1.807, 2.05) is 13.8 Å². The molecule has 2 amide bonds. The van der Waals surface area contributed by atoms with Crippen molar-refractivity contribution < 1.29 is 18.0 Å². The lowest BCUT2D eigenvalue weighted by Crippen LogP contribution is -2.61. The van der Waals surface area contributed by atoms with E-state index < -0.39 is 15.9 Å². The highest BCUT2D eigenvalue weighted by Gasteiger charge is 2.37. The number of hydrogen-bond donors (Lipinski definition) is 3. The molecular formula is C20H31N3O4S. The zero-order valence-corrected chi connectivity index (χ0v) is 17.4. The molecule has 3 N–H and O–H groups in total. The molecule has 0 aromatic heterocycles. The normalized spacial score (nSPS) is 32.9. The minimum Gasteiger partial charge on any atom is -0.351 e. The fourth-order valence-electron chi connectivity index (χ4n) is 4.33. The number of nitrogens with one attached hydrogen (secondary N) is 3. The van der Waals surface area contributed by atoms with Gasteiger partial charge in [0.1, 0.15) is 0 Å². The second-order valence-electron chi connectivity index (χ2n) is 8.44. The zero-order valence-electron chi connectivity index (χ0n) is 16.6. The minimum atomic E-state index is -3.18. The predicted octanol–water partition coefficient (Wildman–Crippen LogP) is 1.03. The molecule has 3 aliphatic rings. The van der Waals surface area contributed by atoms with Gasteiger partial charge in [0, 0.05) is 23.9 Å². The Morgan fingerprint density at radius 3 is 2.64 bits per heavy atom. The van der Waals surface area contributed by atoms with Crippen molar-refractivity contribution in [1.82, 2.24) is 16.0 Å². The Morgan fingerprint density at radius 2 is 2.04 bits per heavy atom. The van der Waals surface area contributed by atoms with Gasteiger partial charge < -0.3 is 10.6 Å². The monoisotopic (exact) mass is 409 g/mol. The fraction of sp³-hybridized carbons (Fsp3) is 0.700. The van der Waals surface area contributed by atoms with Crippen molar-refractivity contribution in [3.05, 3.63) is 23.6 Å². The molecule has 0 bridgehead atoms. The number of allylic oxidation sites excluding steroid dienone is 2. The van der Waals surface area contributed by atoms with Gasteiger partial charge in [-0.05, 0) is 37.5 Å². The van der Waals surface area contributed by atoms with Crippen LogP contribution in [0.3, 0.4) is 0 Å². The van der Waals surface area contributed by atoms with Crippen LogP contribution in [-0.4, -0.2) is 50.2 Å². The summed E-state index contributed by atoms with van der Waals surface area (Å²) in [4.78, 5) is 25.0. The third-order valence-electron chi connectivity index (χ3n) is 5.86. The van der Waals surface area contributed by atoms with E-state index >= 15 is 0 Å². The summed E-state index contributed by atoms with van der Waals surface area (Å²) in [5.41, 5.74) is 0. The number of carbonyl (C=O) groups is 2. The van der Waals surface area contributed by atoms with Crippen molar-refractivity contribution in [3.63, 3.8) is 0 Å². The molecule has 5 atom stereocenters.